The largest absolute Gasteiger partial charge is 0.478 e. The number of ether oxygens (including phenoxy) is 1. The molecule has 0 saturated heterocycles. The Morgan fingerprint density at radius 3 is 2.67 bits per heavy atom. The molecule has 7 heteroatoms. The minimum atomic E-state index is -1.00. The summed E-state index contributed by atoms with van der Waals surface area (Å²) in [6.07, 6.45) is 2.62. The van der Waals surface area contributed by atoms with Crippen molar-refractivity contribution in [1.29, 1.82) is 0 Å². The monoisotopic (exact) mass is 291 g/mol. The van der Waals surface area contributed by atoms with E-state index < -0.39 is 17.7 Å². The van der Waals surface area contributed by atoms with Crippen molar-refractivity contribution in [2.45, 2.75) is 32.9 Å². The van der Waals surface area contributed by atoms with Crippen LogP contribution in [0.25, 0.3) is 5.65 Å². The maximum Gasteiger partial charge on any atom is 0.407 e. The van der Waals surface area contributed by atoms with Crippen LogP contribution in [-0.2, 0) is 11.3 Å². The lowest BCUT2D eigenvalue weighted by Crippen LogP contribution is -2.32. The molecule has 2 N–H and O–H groups in total. The lowest BCUT2D eigenvalue weighted by atomic mass is 10.2. The summed E-state index contributed by atoms with van der Waals surface area (Å²) < 4.78 is 6.73. The molecular weight excluding hydrogens is 274 g/mol. The number of amides is 1. The summed E-state index contributed by atoms with van der Waals surface area (Å²) in [5.74, 6) is -1.00. The highest BCUT2D eigenvalue weighted by molar-refractivity contribution is 5.87. The van der Waals surface area contributed by atoms with Crippen LogP contribution in [0.5, 0.6) is 0 Å². The fourth-order valence-electron chi connectivity index (χ4n) is 1.73. The van der Waals surface area contributed by atoms with Gasteiger partial charge in [0.05, 0.1) is 17.8 Å². The zero-order valence-electron chi connectivity index (χ0n) is 12.1. The van der Waals surface area contributed by atoms with Gasteiger partial charge in [-0.1, -0.05) is 0 Å². The van der Waals surface area contributed by atoms with E-state index in [4.69, 9.17) is 9.84 Å². The first kappa shape index (κ1) is 14.8. The fourth-order valence-corrected chi connectivity index (χ4v) is 1.73. The van der Waals surface area contributed by atoms with Gasteiger partial charge >= 0.3 is 12.1 Å². The number of aromatic nitrogens is 2. The van der Waals surface area contributed by atoms with Crippen LogP contribution in [-0.4, -0.2) is 32.2 Å². The van der Waals surface area contributed by atoms with Crippen molar-refractivity contribution in [3.8, 4) is 0 Å². The zero-order valence-corrected chi connectivity index (χ0v) is 12.1. The van der Waals surface area contributed by atoms with Gasteiger partial charge in [0.25, 0.3) is 0 Å². The minimum absolute atomic E-state index is 0.173. The molecule has 21 heavy (non-hydrogen) atoms. The molecule has 1 amide bonds. The minimum Gasteiger partial charge on any atom is -0.478 e. The predicted molar refractivity (Wildman–Crippen MR) is 75.2 cm³/mol. The molecule has 0 aliphatic heterocycles. The molecule has 2 aromatic heterocycles. The number of rotatable bonds is 3. The van der Waals surface area contributed by atoms with Crippen LogP contribution >= 0.6 is 0 Å². The second-order valence-corrected chi connectivity index (χ2v) is 5.58. The third-order valence-corrected chi connectivity index (χ3v) is 2.56. The summed E-state index contributed by atoms with van der Waals surface area (Å²) in [4.78, 5) is 26.7. The number of nitrogens with one attached hydrogen (secondary N) is 1. The average Bonchev–Trinajstić information content (AvgIpc) is 2.75. The Bertz CT molecular complexity index is 685. The van der Waals surface area contributed by atoms with E-state index >= 15 is 0 Å². The van der Waals surface area contributed by atoms with Crippen LogP contribution in [0.3, 0.4) is 0 Å². The second-order valence-electron chi connectivity index (χ2n) is 5.58. The van der Waals surface area contributed by atoms with Gasteiger partial charge in [0.2, 0.25) is 0 Å². The summed E-state index contributed by atoms with van der Waals surface area (Å²) in [6, 6.07) is 3.09. The first-order chi connectivity index (χ1) is 9.74. The van der Waals surface area contributed by atoms with Crippen LogP contribution in [0.1, 0.15) is 36.8 Å². The van der Waals surface area contributed by atoms with Crippen LogP contribution < -0.4 is 5.32 Å². The summed E-state index contributed by atoms with van der Waals surface area (Å²) in [7, 11) is 0. The third kappa shape index (κ3) is 3.95. The highest BCUT2D eigenvalue weighted by atomic mass is 16.6. The van der Waals surface area contributed by atoms with Gasteiger partial charge in [-0.15, -0.1) is 0 Å². The van der Waals surface area contributed by atoms with Crippen molar-refractivity contribution in [3.63, 3.8) is 0 Å². The first-order valence-electron chi connectivity index (χ1n) is 6.42. The van der Waals surface area contributed by atoms with Gasteiger partial charge in [-0.2, -0.15) is 0 Å². The Morgan fingerprint density at radius 1 is 1.33 bits per heavy atom. The third-order valence-electron chi connectivity index (χ3n) is 2.56. The van der Waals surface area contributed by atoms with Gasteiger partial charge in [-0.25, -0.2) is 14.6 Å². The molecule has 0 bridgehead atoms. The van der Waals surface area contributed by atoms with Crippen LogP contribution in [0.2, 0.25) is 0 Å². The molecule has 2 heterocycles. The Labute approximate surface area is 121 Å². The molecule has 112 valence electrons. The summed E-state index contributed by atoms with van der Waals surface area (Å²) in [5.41, 5.74) is 0.843. The second kappa shape index (κ2) is 5.43. The number of hydrogen-bond donors (Lipinski definition) is 2. The molecule has 0 radical (unpaired) electrons. The number of carboxylic acids is 1. The lowest BCUT2D eigenvalue weighted by Gasteiger charge is -2.19. The van der Waals surface area contributed by atoms with Gasteiger partial charge in [0, 0.05) is 12.4 Å². The summed E-state index contributed by atoms with van der Waals surface area (Å²) in [5, 5.41) is 11.5. The normalized spacial score (nSPS) is 11.4. The van der Waals surface area contributed by atoms with Gasteiger partial charge in [-0.3, -0.25) is 0 Å². The molecule has 2 aromatic rings. The topological polar surface area (TPSA) is 92.9 Å². The fraction of sp³-hybridized carbons (Fsp3) is 0.357. The average molecular weight is 291 g/mol. The number of hydrogen-bond acceptors (Lipinski definition) is 4. The standard InChI is InChI=1S/C14H17N3O4/c1-14(2,3)21-13(20)15-6-10-8-17-7-9(12(18)19)4-5-11(17)16-10/h4-5,7-8H,6H2,1-3H3,(H,15,20)(H,18,19). The Balaban J connectivity index is 2.06. The number of carboxylic acid groups (broad SMARTS) is 1. The first-order valence-corrected chi connectivity index (χ1v) is 6.42. The Kier molecular flexibility index (Phi) is 3.84. The molecule has 7 nitrogen and oxygen atoms in total. The molecule has 2 rings (SSSR count). The number of imidazole rings is 1. The van der Waals surface area contributed by atoms with Crippen molar-refractivity contribution in [2.75, 3.05) is 0 Å². The molecule has 0 atom stereocenters. The molecular formula is C14H17N3O4. The number of carbonyl (C=O) groups is 2. The highest BCUT2D eigenvalue weighted by Gasteiger charge is 2.16. The lowest BCUT2D eigenvalue weighted by molar-refractivity contribution is 0.0522. The van der Waals surface area contributed by atoms with E-state index in [9.17, 15) is 9.59 Å². The SMILES string of the molecule is CC(C)(C)OC(=O)NCc1cn2cc(C(=O)O)ccc2n1. The zero-order chi connectivity index (χ0) is 15.6. The summed E-state index contributed by atoms with van der Waals surface area (Å²) in [6.45, 7) is 5.56. The number of aromatic carboxylic acids is 1. The van der Waals surface area contributed by atoms with Crippen molar-refractivity contribution < 1.29 is 19.4 Å². The van der Waals surface area contributed by atoms with Crippen molar-refractivity contribution in [1.82, 2.24) is 14.7 Å². The van der Waals surface area contributed by atoms with E-state index in [0.717, 1.165) is 0 Å². The molecule has 0 aliphatic carbocycles. The van der Waals surface area contributed by atoms with Crippen LogP contribution in [0, 0.1) is 0 Å². The molecule has 0 aliphatic rings. The van der Waals surface area contributed by atoms with Crippen molar-refractivity contribution in [2.24, 2.45) is 0 Å². The van der Waals surface area contributed by atoms with Crippen LogP contribution in [0.4, 0.5) is 4.79 Å². The van der Waals surface area contributed by atoms with Gasteiger partial charge in [0.1, 0.15) is 11.2 Å². The van der Waals surface area contributed by atoms with Crippen molar-refractivity contribution in [3.05, 3.63) is 35.8 Å². The van der Waals surface area contributed by atoms with E-state index in [1.54, 1.807) is 37.4 Å². The van der Waals surface area contributed by atoms with E-state index in [0.29, 0.717) is 11.3 Å². The molecule has 0 unspecified atom stereocenters. The number of pyridine rings is 1. The van der Waals surface area contributed by atoms with Gasteiger partial charge in [-0.05, 0) is 32.9 Å². The Morgan fingerprint density at radius 2 is 2.05 bits per heavy atom. The van der Waals surface area contributed by atoms with E-state index in [2.05, 4.69) is 10.3 Å². The summed E-state index contributed by atoms with van der Waals surface area (Å²) >= 11 is 0. The van der Waals surface area contributed by atoms with Gasteiger partial charge < -0.3 is 19.6 Å². The predicted octanol–water partition coefficient (Wildman–Crippen LogP) is 2.06. The number of nitrogens with zero attached hydrogens (tertiary/aromatic N) is 2. The molecule has 0 spiro atoms. The smallest absolute Gasteiger partial charge is 0.407 e. The quantitative estimate of drug-likeness (QED) is 0.902. The number of alkyl carbamates (subject to hydrolysis) is 1. The van der Waals surface area contributed by atoms with Crippen molar-refractivity contribution >= 4 is 17.7 Å². The number of carbonyl (C=O) groups excluding carboxylic acids is 1. The highest BCUT2D eigenvalue weighted by Crippen LogP contribution is 2.09. The van der Waals surface area contributed by atoms with E-state index in [-0.39, 0.29) is 12.1 Å². The van der Waals surface area contributed by atoms with Gasteiger partial charge in [0.15, 0.2) is 0 Å². The molecule has 0 fully saturated rings. The maximum absolute atomic E-state index is 11.5. The molecule has 0 aromatic carbocycles. The van der Waals surface area contributed by atoms with E-state index in [1.165, 1.54) is 12.3 Å². The molecule has 0 saturated carbocycles. The van der Waals surface area contributed by atoms with Crippen LogP contribution in [0.15, 0.2) is 24.5 Å². The van der Waals surface area contributed by atoms with E-state index in [1.807, 2.05) is 0 Å². The maximum atomic E-state index is 11.5. The number of fused-ring (bicyclic) bond motifs is 1. The Hall–Kier alpha value is -2.57.